The van der Waals surface area contributed by atoms with E-state index in [9.17, 15) is 9.59 Å². The summed E-state index contributed by atoms with van der Waals surface area (Å²) >= 11 is 0. The van der Waals surface area contributed by atoms with Gasteiger partial charge in [-0.15, -0.1) is 0 Å². The lowest BCUT2D eigenvalue weighted by molar-refractivity contribution is -0.128. The Labute approximate surface area is 184 Å². The molecule has 2 atom stereocenters. The number of ether oxygens (including phenoxy) is 3. The Morgan fingerprint density at radius 1 is 1.00 bits per heavy atom. The average molecular weight is 423 g/mol. The zero-order chi connectivity index (χ0) is 22.4. The third-order valence-electron chi connectivity index (χ3n) is 5.48. The van der Waals surface area contributed by atoms with Crippen LogP contribution in [0.2, 0.25) is 0 Å². The molecule has 164 valence electrons. The molecule has 5 heteroatoms. The molecule has 0 bridgehead atoms. The molecule has 1 aliphatic carbocycles. The van der Waals surface area contributed by atoms with E-state index in [4.69, 9.17) is 14.2 Å². The van der Waals surface area contributed by atoms with Gasteiger partial charge < -0.3 is 14.2 Å². The van der Waals surface area contributed by atoms with Gasteiger partial charge in [0.2, 0.25) is 0 Å². The molecule has 0 aliphatic heterocycles. The lowest BCUT2D eigenvalue weighted by Crippen LogP contribution is -2.34. The van der Waals surface area contributed by atoms with Gasteiger partial charge >= 0.3 is 11.9 Å². The fraction of sp³-hybridized carbons (Fsp3) is 0.385. The minimum absolute atomic E-state index is 0.137. The van der Waals surface area contributed by atoms with Gasteiger partial charge in [-0.2, -0.15) is 0 Å². The first-order valence-corrected chi connectivity index (χ1v) is 10.6. The van der Waals surface area contributed by atoms with E-state index >= 15 is 0 Å². The number of carbonyl (C=O) groups excluding carboxylic acids is 2. The first-order chi connectivity index (χ1) is 14.8. The van der Waals surface area contributed by atoms with Crippen LogP contribution in [0.5, 0.6) is 11.5 Å². The van der Waals surface area contributed by atoms with E-state index < -0.39 is 11.9 Å². The standard InChI is InChI=1S/C26H30O5/c1-18-15-20(17-26(2,3)16-18)30-25(28)21-10-6-8-12-23(21)31-24(27)14-13-19-9-5-7-11-22(19)29-4/h5-14,18,20H,15-17H2,1-4H3/b14-13+. The number of benzene rings is 2. The van der Waals surface area contributed by atoms with E-state index in [2.05, 4.69) is 20.8 Å². The Morgan fingerprint density at radius 2 is 1.68 bits per heavy atom. The summed E-state index contributed by atoms with van der Waals surface area (Å²) in [5.41, 5.74) is 1.14. The van der Waals surface area contributed by atoms with Gasteiger partial charge in [0.25, 0.3) is 0 Å². The van der Waals surface area contributed by atoms with E-state index in [1.807, 2.05) is 24.3 Å². The molecule has 2 aromatic rings. The van der Waals surface area contributed by atoms with Crippen molar-refractivity contribution >= 4 is 18.0 Å². The van der Waals surface area contributed by atoms with Gasteiger partial charge in [0.15, 0.2) is 0 Å². The SMILES string of the molecule is COc1ccccc1/C=C/C(=O)Oc1ccccc1C(=O)OC1CC(C)CC(C)(C)C1. The monoisotopic (exact) mass is 422 g/mol. The summed E-state index contributed by atoms with van der Waals surface area (Å²) in [6.45, 7) is 6.59. The van der Waals surface area contributed by atoms with E-state index in [1.165, 1.54) is 6.08 Å². The Bertz CT molecular complexity index is 960. The van der Waals surface area contributed by atoms with Crippen LogP contribution in [0.15, 0.2) is 54.6 Å². The van der Waals surface area contributed by atoms with Gasteiger partial charge in [0.05, 0.1) is 7.11 Å². The van der Waals surface area contributed by atoms with Gasteiger partial charge in [-0.1, -0.05) is 51.1 Å². The fourth-order valence-electron chi connectivity index (χ4n) is 4.39. The summed E-state index contributed by atoms with van der Waals surface area (Å²) in [7, 11) is 1.57. The molecule has 5 nitrogen and oxygen atoms in total. The third-order valence-corrected chi connectivity index (χ3v) is 5.48. The molecule has 0 spiro atoms. The van der Waals surface area contributed by atoms with Crippen LogP contribution in [0, 0.1) is 11.3 Å². The van der Waals surface area contributed by atoms with Gasteiger partial charge in [-0.25, -0.2) is 9.59 Å². The van der Waals surface area contributed by atoms with Crippen molar-refractivity contribution in [3.8, 4) is 11.5 Å². The number of esters is 2. The molecule has 2 aromatic carbocycles. The second-order valence-corrected chi connectivity index (χ2v) is 8.93. The summed E-state index contributed by atoms with van der Waals surface area (Å²) in [6.07, 6.45) is 5.58. The molecule has 31 heavy (non-hydrogen) atoms. The summed E-state index contributed by atoms with van der Waals surface area (Å²) in [6, 6.07) is 14.0. The van der Waals surface area contributed by atoms with E-state index in [0.29, 0.717) is 11.7 Å². The lowest BCUT2D eigenvalue weighted by atomic mass is 9.71. The Hall–Kier alpha value is -3.08. The first kappa shape index (κ1) is 22.6. The number of para-hydroxylation sites is 2. The van der Waals surface area contributed by atoms with Crippen LogP contribution in [0.3, 0.4) is 0 Å². The van der Waals surface area contributed by atoms with E-state index in [-0.39, 0.29) is 22.8 Å². The summed E-state index contributed by atoms with van der Waals surface area (Å²) < 4.78 is 16.5. The van der Waals surface area contributed by atoms with Gasteiger partial charge in [-0.3, -0.25) is 0 Å². The molecule has 0 radical (unpaired) electrons. The highest BCUT2D eigenvalue weighted by Crippen LogP contribution is 2.40. The van der Waals surface area contributed by atoms with Crippen molar-refractivity contribution in [3.63, 3.8) is 0 Å². The Morgan fingerprint density at radius 3 is 2.39 bits per heavy atom. The van der Waals surface area contributed by atoms with Crippen molar-refractivity contribution < 1.29 is 23.8 Å². The molecule has 1 fully saturated rings. The van der Waals surface area contributed by atoms with E-state index in [0.717, 1.165) is 24.8 Å². The van der Waals surface area contributed by atoms with E-state index in [1.54, 1.807) is 37.5 Å². The number of methoxy groups -OCH3 is 1. The van der Waals surface area contributed by atoms with Crippen molar-refractivity contribution in [1.82, 2.24) is 0 Å². The number of hydrogen-bond acceptors (Lipinski definition) is 5. The maximum atomic E-state index is 12.8. The Kier molecular flexibility index (Phi) is 7.16. The highest BCUT2D eigenvalue weighted by molar-refractivity contribution is 5.95. The summed E-state index contributed by atoms with van der Waals surface area (Å²) in [4.78, 5) is 25.2. The molecule has 0 amide bonds. The van der Waals surface area contributed by atoms with Crippen molar-refractivity contribution in [3.05, 3.63) is 65.7 Å². The smallest absolute Gasteiger partial charge is 0.342 e. The minimum atomic E-state index is -0.585. The van der Waals surface area contributed by atoms with Crippen molar-refractivity contribution in [2.75, 3.05) is 7.11 Å². The summed E-state index contributed by atoms with van der Waals surface area (Å²) in [5, 5.41) is 0. The Balaban J connectivity index is 1.69. The maximum absolute atomic E-state index is 12.8. The van der Waals surface area contributed by atoms with Crippen molar-refractivity contribution in [2.45, 2.75) is 46.1 Å². The van der Waals surface area contributed by atoms with Crippen LogP contribution in [-0.2, 0) is 9.53 Å². The number of rotatable bonds is 6. The second-order valence-electron chi connectivity index (χ2n) is 8.93. The highest BCUT2D eigenvalue weighted by atomic mass is 16.6. The van der Waals surface area contributed by atoms with Crippen molar-refractivity contribution in [2.24, 2.45) is 11.3 Å². The predicted octanol–water partition coefficient (Wildman–Crippen LogP) is 5.69. The molecule has 0 heterocycles. The average Bonchev–Trinajstić information content (AvgIpc) is 2.71. The minimum Gasteiger partial charge on any atom is -0.496 e. The largest absolute Gasteiger partial charge is 0.496 e. The molecule has 0 N–H and O–H groups in total. The second kappa shape index (κ2) is 9.82. The van der Waals surface area contributed by atoms with Crippen LogP contribution >= 0.6 is 0 Å². The zero-order valence-corrected chi connectivity index (χ0v) is 18.6. The molecule has 1 saturated carbocycles. The molecule has 0 aromatic heterocycles. The molecular weight excluding hydrogens is 392 g/mol. The van der Waals surface area contributed by atoms with Crippen LogP contribution in [0.1, 0.15) is 56.0 Å². The van der Waals surface area contributed by atoms with Gasteiger partial charge in [0, 0.05) is 11.6 Å². The van der Waals surface area contributed by atoms with Gasteiger partial charge in [0.1, 0.15) is 23.2 Å². The molecule has 3 rings (SSSR count). The zero-order valence-electron chi connectivity index (χ0n) is 18.6. The van der Waals surface area contributed by atoms with Crippen molar-refractivity contribution in [1.29, 1.82) is 0 Å². The van der Waals surface area contributed by atoms with Gasteiger partial charge in [-0.05, 0) is 54.9 Å². The fourth-order valence-corrected chi connectivity index (χ4v) is 4.39. The third kappa shape index (κ3) is 6.20. The van der Waals surface area contributed by atoms with Crippen LogP contribution < -0.4 is 9.47 Å². The maximum Gasteiger partial charge on any atom is 0.342 e. The lowest BCUT2D eigenvalue weighted by Gasteiger charge is -2.38. The van der Waals surface area contributed by atoms with Crippen LogP contribution in [0.25, 0.3) is 6.08 Å². The molecule has 2 unspecified atom stereocenters. The molecule has 1 aliphatic rings. The number of carbonyl (C=O) groups is 2. The normalized spacial score (nSPS) is 20.3. The van der Waals surface area contributed by atoms with Crippen LogP contribution in [-0.4, -0.2) is 25.2 Å². The predicted molar refractivity (Wildman–Crippen MR) is 120 cm³/mol. The highest BCUT2D eigenvalue weighted by Gasteiger charge is 2.34. The molecular formula is C26H30O5. The topological polar surface area (TPSA) is 61.8 Å². The summed E-state index contributed by atoms with van der Waals surface area (Å²) in [5.74, 6) is 0.283. The quantitative estimate of drug-likeness (QED) is 0.340. The molecule has 0 saturated heterocycles. The van der Waals surface area contributed by atoms with Crippen LogP contribution in [0.4, 0.5) is 0 Å². The number of hydrogen-bond donors (Lipinski definition) is 0. The first-order valence-electron chi connectivity index (χ1n) is 10.6.